The first-order chi connectivity index (χ1) is 8.70. The smallest absolute Gasteiger partial charge is 0.242 e. The molecule has 1 aliphatic heterocycles. The summed E-state index contributed by atoms with van der Waals surface area (Å²) in [5, 5.41) is 6.08. The lowest BCUT2D eigenvalue weighted by atomic mass is 10.1. The van der Waals surface area contributed by atoms with E-state index in [-0.39, 0.29) is 30.5 Å². The van der Waals surface area contributed by atoms with Crippen LogP contribution in [0.2, 0.25) is 0 Å². The van der Waals surface area contributed by atoms with Gasteiger partial charge in [0.15, 0.2) is 0 Å². The van der Waals surface area contributed by atoms with E-state index in [1.54, 1.807) is 18.9 Å². The molecule has 19 heavy (non-hydrogen) atoms. The Morgan fingerprint density at radius 2 is 2.37 bits per heavy atom. The summed E-state index contributed by atoms with van der Waals surface area (Å²) in [7, 11) is 1.68. The predicted molar refractivity (Wildman–Crippen MR) is 82.0 cm³/mol. The van der Waals surface area contributed by atoms with Crippen molar-refractivity contribution in [3.63, 3.8) is 0 Å². The predicted octanol–water partition coefficient (Wildman–Crippen LogP) is 2.42. The van der Waals surface area contributed by atoms with Gasteiger partial charge in [-0.15, -0.1) is 24.2 Å². The van der Waals surface area contributed by atoms with E-state index in [1.165, 1.54) is 0 Å². The molecule has 0 aromatic heterocycles. The summed E-state index contributed by atoms with van der Waals surface area (Å²) >= 11 is 1.74. The zero-order valence-electron chi connectivity index (χ0n) is 11.0. The number of hydrogen-bond acceptors (Lipinski definition) is 4. The van der Waals surface area contributed by atoms with Crippen LogP contribution in [0, 0.1) is 0 Å². The minimum atomic E-state index is -0.0847. The van der Waals surface area contributed by atoms with Gasteiger partial charge in [-0.1, -0.05) is 12.1 Å². The first-order valence-corrected chi connectivity index (χ1v) is 7.11. The van der Waals surface area contributed by atoms with Crippen molar-refractivity contribution in [2.45, 2.75) is 19.1 Å². The number of carbonyl (C=O) groups is 1. The summed E-state index contributed by atoms with van der Waals surface area (Å²) in [6, 6.07) is 7.68. The highest BCUT2D eigenvalue weighted by Crippen LogP contribution is 2.20. The number of benzene rings is 1. The molecule has 4 nitrogen and oxygen atoms in total. The molecule has 1 fully saturated rings. The molecular formula is C13H19ClN2O2S. The maximum atomic E-state index is 11.9. The van der Waals surface area contributed by atoms with E-state index in [4.69, 9.17) is 4.74 Å². The van der Waals surface area contributed by atoms with Crippen LogP contribution in [0.5, 0.6) is 0 Å². The molecule has 1 amide bonds. The van der Waals surface area contributed by atoms with Crippen molar-refractivity contribution in [3.8, 4) is 0 Å². The Balaban J connectivity index is 0.00000180. The number of ether oxygens (including phenoxy) is 1. The molecule has 1 aromatic rings. The fraction of sp³-hybridized carbons (Fsp3) is 0.462. The first-order valence-electron chi connectivity index (χ1n) is 5.95. The van der Waals surface area contributed by atoms with Gasteiger partial charge in [-0.2, -0.15) is 0 Å². The Morgan fingerprint density at radius 3 is 3.00 bits per heavy atom. The Morgan fingerprint density at radius 1 is 1.58 bits per heavy atom. The third kappa shape index (κ3) is 4.38. The summed E-state index contributed by atoms with van der Waals surface area (Å²) < 4.78 is 5.27. The van der Waals surface area contributed by atoms with Gasteiger partial charge >= 0.3 is 0 Å². The number of anilines is 1. The van der Waals surface area contributed by atoms with Gasteiger partial charge < -0.3 is 10.1 Å². The van der Waals surface area contributed by atoms with Crippen LogP contribution in [0.15, 0.2) is 24.3 Å². The van der Waals surface area contributed by atoms with Crippen molar-refractivity contribution in [2.24, 2.45) is 0 Å². The lowest BCUT2D eigenvalue weighted by Gasteiger charge is -2.13. The monoisotopic (exact) mass is 302 g/mol. The summed E-state index contributed by atoms with van der Waals surface area (Å²) in [6.07, 6.45) is 0.0296. The number of methoxy groups -OCH3 is 1. The van der Waals surface area contributed by atoms with Crippen LogP contribution in [0.4, 0.5) is 5.69 Å². The molecule has 2 atom stereocenters. The average molecular weight is 303 g/mol. The van der Waals surface area contributed by atoms with E-state index in [9.17, 15) is 4.79 Å². The lowest BCUT2D eigenvalue weighted by molar-refractivity contribution is -0.117. The fourth-order valence-corrected chi connectivity index (χ4v) is 2.74. The second-order valence-electron chi connectivity index (χ2n) is 4.26. The van der Waals surface area contributed by atoms with Crippen molar-refractivity contribution in [2.75, 3.05) is 24.1 Å². The molecule has 2 rings (SSSR count). The topological polar surface area (TPSA) is 50.4 Å². The lowest BCUT2D eigenvalue weighted by Crippen LogP contribution is -2.37. The molecule has 0 saturated carbocycles. The van der Waals surface area contributed by atoms with Crippen LogP contribution >= 0.6 is 24.2 Å². The van der Waals surface area contributed by atoms with Gasteiger partial charge in [0.2, 0.25) is 5.91 Å². The van der Waals surface area contributed by atoms with Gasteiger partial charge in [0.1, 0.15) is 0 Å². The first kappa shape index (κ1) is 16.3. The molecule has 6 heteroatoms. The van der Waals surface area contributed by atoms with Crippen LogP contribution in [-0.2, 0) is 9.53 Å². The minimum absolute atomic E-state index is 0. The number of thioether (sulfide) groups is 1. The number of rotatable bonds is 4. The molecule has 0 radical (unpaired) electrons. The van der Waals surface area contributed by atoms with Crippen molar-refractivity contribution < 1.29 is 9.53 Å². The van der Waals surface area contributed by atoms with Crippen molar-refractivity contribution in [1.29, 1.82) is 0 Å². The summed E-state index contributed by atoms with van der Waals surface area (Å²) in [6.45, 7) is 1.98. The highest BCUT2D eigenvalue weighted by Gasteiger charge is 2.22. The molecule has 0 spiro atoms. The molecule has 2 N–H and O–H groups in total. The summed E-state index contributed by atoms with van der Waals surface area (Å²) in [4.78, 5) is 11.9. The molecule has 1 heterocycles. The quantitative estimate of drug-likeness (QED) is 0.897. The Labute approximate surface area is 124 Å². The molecule has 0 aliphatic carbocycles. The highest BCUT2D eigenvalue weighted by atomic mass is 35.5. The number of amides is 1. The molecule has 1 saturated heterocycles. The van der Waals surface area contributed by atoms with Gasteiger partial charge in [-0.05, 0) is 24.6 Å². The Bertz CT molecular complexity index is 425. The molecular weight excluding hydrogens is 284 g/mol. The van der Waals surface area contributed by atoms with E-state index >= 15 is 0 Å². The van der Waals surface area contributed by atoms with Gasteiger partial charge in [0.25, 0.3) is 0 Å². The standard InChI is InChI=1S/C13H18N2O2S.ClH/c1-9(17-2)10-4-3-5-11(6-10)15-13(16)12-7-18-8-14-12;/h3-6,9,12,14H,7-8H2,1-2H3,(H,15,16);1H. The third-order valence-corrected chi connectivity index (χ3v) is 3.95. The molecule has 1 aromatic carbocycles. The molecule has 106 valence electrons. The second-order valence-corrected chi connectivity index (χ2v) is 5.29. The second kappa shape index (κ2) is 7.75. The number of halogens is 1. The molecule has 1 aliphatic rings. The maximum Gasteiger partial charge on any atom is 0.242 e. The van der Waals surface area contributed by atoms with E-state index in [1.807, 2.05) is 31.2 Å². The van der Waals surface area contributed by atoms with Crippen LogP contribution in [0.25, 0.3) is 0 Å². The highest BCUT2D eigenvalue weighted by molar-refractivity contribution is 7.99. The van der Waals surface area contributed by atoms with Crippen LogP contribution in [-0.4, -0.2) is 30.7 Å². The number of carbonyl (C=O) groups excluding carboxylic acids is 1. The molecule has 0 bridgehead atoms. The average Bonchev–Trinajstić information content (AvgIpc) is 2.92. The zero-order valence-corrected chi connectivity index (χ0v) is 12.6. The minimum Gasteiger partial charge on any atom is -0.377 e. The summed E-state index contributed by atoms with van der Waals surface area (Å²) in [5.41, 5.74) is 1.88. The molecule has 2 unspecified atom stereocenters. The summed E-state index contributed by atoms with van der Waals surface area (Å²) in [5.74, 6) is 1.71. The van der Waals surface area contributed by atoms with Gasteiger partial charge in [-0.25, -0.2) is 0 Å². The third-order valence-electron chi connectivity index (χ3n) is 3.01. The zero-order chi connectivity index (χ0) is 13.0. The Kier molecular flexibility index (Phi) is 6.65. The largest absolute Gasteiger partial charge is 0.377 e. The van der Waals surface area contributed by atoms with E-state index < -0.39 is 0 Å². The normalized spacial score (nSPS) is 19.6. The van der Waals surface area contributed by atoms with Crippen LogP contribution < -0.4 is 10.6 Å². The maximum absolute atomic E-state index is 11.9. The van der Waals surface area contributed by atoms with Crippen molar-refractivity contribution in [1.82, 2.24) is 5.32 Å². The van der Waals surface area contributed by atoms with E-state index in [0.717, 1.165) is 22.9 Å². The number of hydrogen-bond donors (Lipinski definition) is 2. The number of nitrogens with one attached hydrogen (secondary N) is 2. The SMILES string of the molecule is COC(C)c1cccc(NC(=O)C2CSCN2)c1.Cl. The van der Waals surface area contributed by atoms with Gasteiger partial charge in [-0.3, -0.25) is 10.1 Å². The van der Waals surface area contributed by atoms with E-state index in [2.05, 4.69) is 10.6 Å². The van der Waals surface area contributed by atoms with Crippen molar-refractivity contribution >= 4 is 35.8 Å². The van der Waals surface area contributed by atoms with Crippen LogP contribution in [0.1, 0.15) is 18.6 Å². The fourth-order valence-electron chi connectivity index (χ4n) is 1.80. The van der Waals surface area contributed by atoms with Gasteiger partial charge in [0, 0.05) is 24.4 Å². The van der Waals surface area contributed by atoms with Crippen molar-refractivity contribution in [3.05, 3.63) is 29.8 Å². The Hall–Kier alpha value is -0.750. The van der Waals surface area contributed by atoms with Gasteiger partial charge in [0.05, 0.1) is 12.1 Å². The van der Waals surface area contributed by atoms with E-state index in [0.29, 0.717) is 0 Å². The van der Waals surface area contributed by atoms with Crippen LogP contribution in [0.3, 0.4) is 0 Å².